The molecule has 0 atom stereocenters. The molecule has 0 saturated carbocycles. The SMILES string of the molecule is COc1ccc(-c2nc(SCc3ccc4ccccc4n3)n(CC(=O)O)c2-c2ccc(OC)cc2)cc1. The van der Waals surface area contributed by atoms with Crippen LogP contribution in [0.25, 0.3) is 33.4 Å². The van der Waals surface area contributed by atoms with Gasteiger partial charge in [-0.3, -0.25) is 9.78 Å². The molecule has 0 saturated heterocycles. The number of aromatic nitrogens is 3. The minimum atomic E-state index is -0.945. The zero-order valence-electron chi connectivity index (χ0n) is 20.4. The van der Waals surface area contributed by atoms with Crippen LogP contribution >= 0.6 is 11.8 Å². The van der Waals surface area contributed by atoms with Gasteiger partial charge in [0, 0.05) is 22.3 Å². The molecule has 0 aliphatic rings. The number of carboxylic acid groups (broad SMARTS) is 1. The summed E-state index contributed by atoms with van der Waals surface area (Å²) in [6, 6.07) is 27.2. The Balaban J connectivity index is 1.59. The number of thioether (sulfide) groups is 1. The van der Waals surface area contributed by atoms with Crippen molar-refractivity contribution in [1.82, 2.24) is 14.5 Å². The number of carbonyl (C=O) groups is 1. The van der Waals surface area contributed by atoms with Gasteiger partial charge in [0.05, 0.1) is 36.8 Å². The van der Waals surface area contributed by atoms with Crippen molar-refractivity contribution in [2.24, 2.45) is 0 Å². The van der Waals surface area contributed by atoms with Crippen LogP contribution in [0.5, 0.6) is 11.5 Å². The van der Waals surface area contributed by atoms with Gasteiger partial charge in [-0.1, -0.05) is 36.0 Å². The predicted molar refractivity (Wildman–Crippen MR) is 145 cm³/mol. The second-order valence-electron chi connectivity index (χ2n) is 8.31. The zero-order chi connectivity index (χ0) is 25.8. The summed E-state index contributed by atoms with van der Waals surface area (Å²) in [5.74, 6) is 1.05. The number of pyridine rings is 1. The van der Waals surface area contributed by atoms with Crippen molar-refractivity contribution in [3.8, 4) is 34.0 Å². The first-order valence-electron chi connectivity index (χ1n) is 11.6. The molecule has 7 nitrogen and oxygen atoms in total. The van der Waals surface area contributed by atoms with Gasteiger partial charge in [-0.15, -0.1) is 0 Å². The lowest BCUT2D eigenvalue weighted by molar-refractivity contribution is -0.137. The molecule has 5 aromatic rings. The smallest absolute Gasteiger partial charge is 0.323 e. The van der Waals surface area contributed by atoms with Crippen LogP contribution in [0.4, 0.5) is 0 Å². The lowest BCUT2D eigenvalue weighted by Gasteiger charge is -2.12. The Kier molecular flexibility index (Phi) is 7.09. The molecule has 3 aromatic carbocycles. The fourth-order valence-corrected chi connectivity index (χ4v) is 5.05. The number of hydrogen-bond acceptors (Lipinski definition) is 6. The van der Waals surface area contributed by atoms with E-state index in [1.165, 1.54) is 11.8 Å². The van der Waals surface area contributed by atoms with Gasteiger partial charge in [-0.2, -0.15) is 0 Å². The fourth-order valence-electron chi connectivity index (χ4n) is 4.14. The lowest BCUT2D eigenvalue weighted by Crippen LogP contribution is -2.11. The van der Waals surface area contributed by atoms with E-state index in [1.54, 1.807) is 18.8 Å². The van der Waals surface area contributed by atoms with Crippen molar-refractivity contribution < 1.29 is 19.4 Å². The van der Waals surface area contributed by atoms with Gasteiger partial charge < -0.3 is 19.1 Å². The number of methoxy groups -OCH3 is 2. The molecular formula is C29H25N3O4S. The molecule has 0 fully saturated rings. The first-order valence-corrected chi connectivity index (χ1v) is 12.6. The summed E-state index contributed by atoms with van der Waals surface area (Å²) >= 11 is 1.47. The number of ether oxygens (including phenoxy) is 2. The molecule has 0 unspecified atom stereocenters. The number of fused-ring (bicyclic) bond motifs is 1. The monoisotopic (exact) mass is 511 g/mol. The molecule has 0 spiro atoms. The van der Waals surface area contributed by atoms with Crippen LogP contribution in [0, 0.1) is 0 Å². The molecule has 0 aliphatic heterocycles. The second kappa shape index (κ2) is 10.8. The Morgan fingerprint density at radius 1 is 0.838 bits per heavy atom. The molecule has 2 aromatic heterocycles. The summed E-state index contributed by atoms with van der Waals surface area (Å²) < 4.78 is 12.4. The van der Waals surface area contributed by atoms with Crippen molar-refractivity contribution in [3.63, 3.8) is 0 Å². The van der Waals surface area contributed by atoms with E-state index in [0.717, 1.165) is 44.9 Å². The predicted octanol–water partition coefficient (Wildman–Crippen LogP) is 6.16. The second-order valence-corrected chi connectivity index (χ2v) is 9.25. The standard InChI is InChI=1S/C29H25N3O4S/c1-35-23-13-8-20(9-14-23)27-28(21-10-15-24(36-2)16-11-21)32(17-26(33)34)29(31-27)37-18-22-12-7-19-5-3-4-6-25(19)30-22/h3-16H,17-18H2,1-2H3,(H,33,34). The summed E-state index contributed by atoms with van der Waals surface area (Å²) in [7, 11) is 3.23. The Labute approximate surface area is 218 Å². The molecule has 1 N–H and O–H groups in total. The molecule has 0 amide bonds. The number of nitrogens with zero attached hydrogens (tertiary/aromatic N) is 3. The van der Waals surface area contributed by atoms with Gasteiger partial charge in [-0.25, -0.2) is 4.98 Å². The van der Waals surface area contributed by atoms with Crippen LogP contribution in [0.3, 0.4) is 0 Å². The first-order chi connectivity index (χ1) is 18.1. The average molecular weight is 512 g/mol. The van der Waals surface area contributed by atoms with E-state index in [0.29, 0.717) is 16.6 Å². The van der Waals surface area contributed by atoms with Gasteiger partial charge in [0.25, 0.3) is 0 Å². The fraction of sp³-hybridized carbons (Fsp3) is 0.138. The van der Waals surface area contributed by atoms with Crippen LogP contribution < -0.4 is 9.47 Å². The molecule has 8 heteroatoms. The van der Waals surface area contributed by atoms with Crippen molar-refractivity contribution >= 4 is 28.6 Å². The number of benzene rings is 3. The molecule has 5 rings (SSSR count). The molecular weight excluding hydrogens is 486 g/mol. The number of para-hydroxylation sites is 1. The largest absolute Gasteiger partial charge is 0.497 e. The van der Waals surface area contributed by atoms with E-state index in [-0.39, 0.29) is 6.54 Å². The van der Waals surface area contributed by atoms with Gasteiger partial charge in [0.2, 0.25) is 0 Å². The molecule has 186 valence electrons. The Morgan fingerprint density at radius 2 is 1.49 bits per heavy atom. The molecule has 2 heterocycles. The van der Waals surface area contributed by atoms with E-state index in [4.69, 9.17) is 19.4 Å². The summed E-state index contributed by atoms with van der Waals surface area (Å²) in [4.78, 5) is 21.7. The number of aliphatic carboxylic acids is 1. The zero-order valence-corrected chi connectivity index (χ0v) is 21.2. The van der Waals surface area contributed by atoms with Gasteiger partial charge >= 0.3 is 5.97 Å². The van der Waals surface area contributed by atoms with Crippen LogP contribution in [0.1, 0.15) is 5.69 Å². The highest BCUT2D eigenvalue weighted by atomic mass is 32.2. The molecule has 37 heavy (non-hydrogen) atoms. The van der Waals surface area contributed by atoms with Crippen LogP contribution in [0.15, 0.2) is 90.1 Å². The van der Waals surface area contributed by atoms with E-state index >= 15 is 0 Å². The van der Waals surface area contributed by atoms with Gasteiger partial charge in [0.1, 0.15) is 18.0 Å². The van der Waals surface area contributed by atoms with Crippen molar-refractivity contribution in [2.75, 3.05) is 14.2 Å². The third kappa shape index (κ3) is 5.29. The van der Waals surface area contributed by atoms with Crippen LogP contribution in [-0.2, 0) is 17.1 Å². The Bertz CT molecular complexity index is 1550. The Hall–Kier alpha value is -4.30. The maximum absolute atomic E-state index is 11.9. The summed E-state index contributed by atoms with van der Waals surface area (Å²) in [6.07, 6.45) is 0. The third-order valence-corrected chi connectivity index (χ3v) is 6.97. The maximum atomic E-state index is 11.9. The minimum absolute atomic E-state index is 0.224. The van der Waals surface area contributed by atoms with E-state index in [2.05, 4.69) is 0 Å². The summed E-state index contributed by atoms with van der Waals surface area (Å²) in [6.45, 7) is -0.224. The van der Waals surface area contributed by atoms with Gasteiger partial charge in [-0.05, 0) is 60.7 Å². The highest BCUT2D eigenvalue weighted by Crippen LogP contribution is 2.38. The maximum Gasteiger partial charge on any atom is 0.323 e. The minimum Gasteiger partial charge on any atom is -0.497 e. The van der Waals surface area contributed by atoms with E-state index in [1.807, 2.05) is 84.9 Å². The van der Waals surface area contributed by atoms with Crippen LogP contribution in [0.2, 0.25) is 0 Å². The normalized spacial score (nSPS) is 11.0. The summed E-state index contributed by atoms with van der Waals surface area (Å²) in [5.41, 5.74) is 4.95. The molecule has 0 aliphatic carbocycles. The number of rotatable bonds is 9. The van der Waals surface area contributed by atoms with E-state index in [9.17, 15) is 9.90 Å². The number of hydrogen-bond donors (Lipinski definition) is 1. The van der Waals surface area contributed by atoms with Gasteiger partial charge in [0.15, 0.2) is 5.16 Å². The van der Waals surface area contributed by atoms with Crippen molar-refractivity contribution in [2.45, 2.75) is 17.5 Å². The topological polar surface area (TPSA) is 86.5 Å². The Morgan fingerprint density at radius 3 is 2.14 bits per heavy atom. The molecule has 0 bridgehead atoms. The highest BCUT2D eigenvalue weighted by Gasteiger charge is 2.22. The average Bonchev–Trinajstić information content (AvgIpc) is 3.29. The van der Waals surface area contributed by atoms with Crippen molar-refractivity contribution in [3.05, 3.63) is 90.6 Å². The quantitative estimate of drug-likeness (QED) is 0.237. The number of imidazole rings is 1. The van der Waals surface area contributed by atoms with E-state index < -0.39 is 5.97 Å². The highest BCUT2D eigenvalue weighted by molar-refractivity contribution is 7.98. The summed E-state index contributed by atoms with van der Waals surface area (Å²) in [5, 5.41) is 11.5. The van der Waals surface area contributed by atoms with Crippen molar-refractivity contribution in [1.29, 1.82) is 0 Å². The first kappa shape index (κ1) is 24.4. The number of carboxylic acids is 1. The van der Waals surface area contributed by atoms with Crippen LogP contribution in [-0.4, -0.2) is 39.8 Å². The molecule has 0 radical (unpaired) electrons. The third-order valence-electron chi connectivity index (χ3n) is 5.96. The lowest BCUT2D eigenvalue weighted by atomic mass is 10.0.